The molecule has 8 heteroatoms. The van der Waals surface area contributed by atoms with Crippen LogP contribution in [-0.4, -0.2) is 70.6 Å². The summed E-state index contributed by atoms with van der Waals surface area (Å²) in [7, 11) is 0. The molecule has 2 heterocycles. The number of aliphatic carboxylic acids is 1. The average molecular weight is 449 g/mol. The molecule has 0 aliphatic carbocycles. The maximum Gasteiger partial charge on any atom is 0.326 e. The van der Waals surface area contributed by atoms with Crippen LogP contribution in [0.3, 0.4) is 0 Å². The van der Waals surface area contributed by atoms with E-state index in [4.69, 9.17) is 4.74 Å². The van der Waals surface area contributed by atoms with Crippen LogP contribution >= 0.6 is 11.8 Å². The molecule has 0 saturated carbocycles. The fourth-order valence-corrected chi connectivity index (χ4v) is 5.91. The van der Waals surface area contributed by atoms with E-state index in [-0.39, 0.29) is 30.3 Å². The lowest BCUT2D eigenvalue weighted by molar-refractivity contribution is -0.151. The maximum atomic E-state index is 13.2. The van der Waals surface area contributed by atoms with Crippen molar-refractivity contribution in [1.82, 2.24) is 10.2 Å². The lowest BCUT2D eigenvalue weighted by atomic mass is 9.89. The van der Waals surface area contributed by atoms with E-state index in [1.807, 2.05) is 42.1 Å². The highest BCUT2D eigenvalue weighted by atomic mass is 32.2. The van der Waals surface area contributed by atoms with Crippen molar-refractivity contribution in [3.63, 3.8) is 0 Å². The van der Waals surface area contributed by atoms with Gasteiger partial charge in [0.25, 0.3) is 0 Å². The number of carboxylic acid groups (broad SMARTS) is 1. The third kappa shape index (κ3) is 5.80. The van der Waals surface area contributed by atoms with Crippen molar-refractivity contribution in [1.29, 1.82) is 0 Å². The predicted octanol–water partition coefficient (Wildman–Crippen LogP) is 2.19. The van der Waals surface area contributed by atoms with E-state index in [0.29, 0.717) is 19.4 Å². The van der Waals surface area contributed by atoms with Gasteiger partial charge >= 0.3 is 11.9 Å². The SMILES string of the molecule is CCOC(=O)C(CCc1ccccc1)N[C@@H](C)C(=O)N1CC2CSCCC2[C@H]1C(=O)O. The number of likely N-dealkylation sites (tertiary alicyclic amines) is 1. The van der Waals surface area contributed by atoms with Crippen LogP contribution in [0.5, 0.6) is 0 Å². The first-order chi connectivity index (χ1) is 14.9. The molecule has 170 valence electrons. The van der Waals surface area contributed by atoms with Crippen molar-refractivity contribution < 1.29 is 24.2 Å². The van der Waals surface area contributed by atoms with Gasteiger partial charge in [0.2, 0.25) is 5.91 Å². The fourth-order valence-electron chi connectivity index (χ4n) is 4.65. The minimum absolute atomic E-state index is 0.00818. The van der Waals surface area contributed by atoms with Crippen LogP contribution in [0.25, 0.3) is 0 Å². The number of amides is 1. The number of carbonyl (C=O) groups excluding carboxylic acids is 2. The summed E-state index contributed by atoms with van der Waals surface area (Å²) in [5.74, 6) is 0.461. The standard InChI is InChI=1S/C23H32N2O5S/c1-3-30-23(29)19(10-9-16-7-5-4-6-8-16)24-15(2)21(26)25-13-17-14-31-12-11-18(17)20(25)22(27)28/h4-8,15,17-20,24H,3,9-14H2,1-2H3,(H,27,28)/t15-,17?,18?,19?,20-/m0/s1. The van der Waals surface area contributed by atoms with Crippen molar-refractivity contribution in [3.8, 4) is 0 Å². The van der Waals surface area contributed by atoms with Crippen molar-refractivity contribution in [3.05, 3.63) is 35.9 Å². The largest absolute Gasteiger partial charge is 0.480 e. The second-order valence-electron chi connectivity index (χ2n) is 8.28. The number of aryl methyl sites for hydroxylation is 1. The Labute approximate surface area is 187 Å². The molecule has 2 fully saturated rings. The van der Waals surface area contributed by atoms with Crippen LogP contribution in [0.15, 0.2) is 30.3 Å². The van der Waals surface area contributed by atoms with Gasteiger partial charge in [0, 0.05) is 6.54 Å². The number of nitrogens with zero attached hydrogens (tertiary/aromatic N) is 1. The summed E-state index contributed by atoms with van der Waals surface area (Å²) in [6.45, 7) is 4.18. The molecular formula is C23H32N2O5S. The highest BCUT2D eigenvalue weighted by Gasteiger charge is 2.49. The number of benzene rings is 1. The van der Waals surface area contributed by atoms with E-state index in [1.54, 1.807) is 13.8 Å². The van der Waals surface area contributed by atoms with Crippen LogP contribution in [0.2, 0.25) is 0 Å². The van der Waals surface area contributed by atoms with Crippen molar-refractivity contribution in [2.75, 3.05) is 24.7 Å². The van der Waals surface area contributed by atoms with Crippen molar-refractivity contribution >= 4 is 29.6 Å². The van der Waals surface area contributed by atoms with Gasteiger partial charge in [0.1, 0.15) is 12.1 Å². The summed E-state index contributed by atoms with van der Waals surface area (Å²) in [4.78, 5) is 39.2. The lowest BCUT2D eigenvalue weighted by Crippen LogP contribution is -2.54. The van der Waals surface area contributed by atoms with Crippen LogP contribution in [0, 0.1) is 11.8 Å². The molecule has 2 aliphatic heterocycles. The molecule has 31 heavy (non-hydrogen) atoms. The quantitative estimate of drug-likeness (QED) is 0.559. The van der Waals surface area contributed by atoms with Gasteiger partial charge in [-0.3, -0.25) is 14.9 Å². The number of nitrogens with one attached hydrogen (secondary N) is 1. The van der Waals surface area contributed by atoms with Gasteiger partial charge in [-0.15, -0.1) is 0 Å². The molecule has 1 aromatic carbocycles. The highest BCUT2D eigenvalue weighted by molar-refractivity contribution is 7.99. The third-order valence-electron chi connectivity index (χ3n) is 6.20. The summed E-state index contributed by atoms with van der Waals surface area (Å²) in [5, 5.41) is 12.9. The van der Waals surface area contributed by atoms with E-state index < -0.39 is 24.1 Å². The molecule has 1 amide bonds. The Kier molecular flexibility index (Phi) is 8.37. The van der Waals surface area contributed by atoms with Gasteiger partial charge < -0.3 is 14.7 Å². The minimum Gasteiger partial charge on any atom is -0.480 e. The molecule has 0 spiro atoms. The third-order valence-corrected chi connectivity index (χ3v) is 7.39. The molecule has 0 bridgehead atoms. The number of carbonyl (C=O) groups is 3. The van der Waals surface area contributed by atoms with E-state index >= 15 is 0 Å². The Balaban J connectivity index is 1.67. The summed E-state index contributed by atoms with van der Waals surface area (Å²) in [5.41, 5.74) is 1.10. The van der Waals surface area contributed by atoms with E-state index in [2.05, 4.69) is 5.32 Å². The first-order valence-electron chi connectivity index (χ1n) is 11.0. The summed E-state index contributed by atoms with van der Waals surface area (Å²) in [6.07, 6.45) is 1.98. The summed E-state index contributed by atoms with van der Waals surface area (Å²) in [6, 6.07) is 7.74. The van der Waals surface area contributed by atoms with Crippen LogP contribution in [0.4, 0.5) is 0 Å². The summed E-state index contributed by atoms with van der Waals surface area (Å²) >= 11 is 1.82. The van der Waals surface area contributed by atoms with Gasteiger partial charge in [-0.05, 0) is 62.0 Å². The predicted molar refractivity (Wildman–Crippen MR) is 120 cm³/mol. The molecule has 3 unspecified atom stereocenters. The number of carboxylic acids is 1. The number of rotatable bonds is 9. The second-order valence-corrected chi connectivity index (χ2v) is 9.43. The Morgan fingerprint density at radius 2 is 2.03 bits per heavy atom. The van der Waals surface area contributed by atoms with Gasteiger partial charge in [-0.2, -0.15) is 11.8 Å². The molecule has 2 aliphatic rings. The molecule has 1 aromatic rings. The lowest BCUT2D eigenvalue weighted by Gasteiger charge is -2.29. The van der Waals surface area contributed by atoms with E-state index in [0.717, 1.165) is 23.5 Å². The Morgan fingerprint density at radius 3 is 2.71 bits per heavy atom. The summed E-state index contributed by atoms with van der Waals surface area (Å²) < 4.78 is 5.21. The van der Waals surface area contributed by atoms with E-state index in [1.165, 1.54) is 4.90 Å². The van der Waals surface area contributed by atoms with Crippen molar-refractivity contribution in [2.45, 2.75) is 51.2 Å². The van der Waals surface area contributed by atoms with E-state index in [9.17, 15) is 19.5 Å². The molecule has 7 nitrogen and oxygen atoms in total. The number of hydrogen-bond acceptors (Lipinski definition) is 6. The number of thioether (sulfide) groups is 1. The molecule has 2 N–H and O–H groups in total. The molecule has 0 radical (unpaired) electrons. The normalized spacial score (nSPS) is 24.8. The fraction of sp³-hybridized carbons (Fsp3) is 0.609. The van der Waals surface area contributed by atoms with Crippen LogP contribution < -0.4 is 5.32 Å². The van der Waals surface area contributed by atoms with Gasteiger partial charge in [-0.25, -0.2) is 4.79 Å². The molecule has 0 aromatic heterocycles. The first kappa shape index (κ1) is 23.6. The molecular weight excluding hydrogens is 416 g/mol. The minimum atomic E-state index is -0.939. The smallest absolute Gasteiger partial charge is 0.326 e. The Bertz CT molecular complexity index is 774. The second kappa shape index (κ2) is 11.0. The topological polar surface area (TPSA) is 95.9 Å². The van der Waals surface area contributed by atoms with Crippen LogP contribution in [-0.2, 0) is 25.5 Å². The number of hydrogen-bond donors (Lipinski definition) is 2. The first-order valence-corrected chi connectivity index (χ1v) is 12.2. The zero-order valence-corrected chi connectivity index (χ0v) is 19.0. The average Bonchev–Trinajstić information content (AvgIpc) is 3.16. The number of fused-ring (bicyclic) bond motifs is 1. The highest BCUT2D eigenvalue weighted by Crippen LogP contribution is 2.39. The molecule has 2 saturated heterocycles. The maximum absolute atomic E-state index is 13.2. The van der Waals surface area contributed by atoms with Gasteiger partial charge in [-0.1, -0.05) is 30.3 Å². The monoisotopic (exact) mass is 448 g/mol. The number of esters is 1. The zero-order valence-electron chi connectivity index (χ0n) is 18.2. The van der Waals surface area contributed by atoms with Crippen LogP contribution in [0.1, 0.15) is 32.3 Å². The van der Waals surface area contributed by atoms with Gasteiger partial charge in [0.15, 0.2) is 0 Å². The van der Waals surface area contributed by atoms with Gasteiger partial charge in [0.05, 0.1) is 12.6 Å². The Hall–Kier alpha value is -2.06. The Morgan fingerprint density at radius 1 is 1.29 bits per heavy atom. The molecule has 3 rings (SSSR count). The molecule has 5 atom stereocenters. The zero-order chi connectivity index (χ0) is 22.4. The van der Waals surface area contributed by atoms with Crippen molar-refractivity contribution in [2.24, 2.45) is 11.8 Å². The number of ether oxygens (including phenoxy) is 1.